The lowest BCUT2D eigenvalue weighted by Gasteiger charge is -2.17. The van der Waals surface area contributed by atoms with Gasteiger partial charge in [0.1, 0.15) is 5.82 Å². The molecule has 3 nitrogen and oxygen atoms in total. The molecular weight excluding hydrogens is 279 g/mol. The Bertz CT molecular complexity index is 584. The molecule has 1 fully saturated rings. The van der Waals surface area contributed by atoms with Crippen molar-refractivity contribution < 1.29 is 13.2 Å². The van der Waals surface area contributed by atoms with Gasteiger partial charge in [0.15, 0.2) is 0 Å². The van der Waals surface area contributed by atoms with E-state index in [1.807, 2.05) is 0 Å². The van der Waals surface area contributed by atoms with Crippen molar-refractivity contribution in [2.75, 3.05) is 6.54 Å². The quantitative estimate of drug-likeness (QED) is 0.889. The largest absolute Gasteiger partial charge is 0.416 e. The fourth-order valence-corrected chi connectivity index (χ4v) is 2.55. The molecule has 1 saturated carbocycles. The summed E-state index contributed by atoms with van der Waals surface area (Å²) >= 11 is 0. The van der Waals surface area contributed by atoms with Gasteiger partial charge >= 0.3 is 6.18 Å². The summed E-state index contributed by atoms with van der Waals surface area (Å²) in [6.45, 7) is 1.38. The molecule has 0 saturated heterocycles. The molecule has 6 heteroatoms. The number of aromatic nitrogens is 2. The third kappa shape index (κ3) is 3.10. The van der Waals surface area contributed by atoms with Gasteiger partial charge < -0.3 is 10.3 Å². The molecule has 0 radical (unpaired) electrons. The smallest absolute Gasteiger partial charge is 0.348 e. The number of nitrogens with zero attached hydrogens (tertiary/aromatic N) is 1. The molecule has 0 unspecified atom stereocenters. The van der Waals surface area contributed by atoms with Crippen LogP contribution in [-0.2, 0) is 18.1 Å². The van der Waals surface area contributed by atoms with Crippen molar-refractivity contribution in [3.63, 3.8) is 0 Å². The first-order chi connectivity index (χ1) is 10.00. The highest BCUT2D eigenvalue weighted by molar-refractivity contribution is 5.35. The maximum atomic E-state index is 12.6. The molecule has 2 aromatic rings. The van der Waals surface area contributed by atoms with Gasteiger partial charge in [0.2, 0.25) is 0 Å². The molecule has 3 rings (SSSR count). The Morgan fingerprint density at radius 2 is 1.90 bits per heavy atom. The van der Waals surface area contributed by atoms with Crippen molar-refractivity contribution >= 4 is 0 Å². The monoisotopic (exact) mass is 295 g/mol. The fourth-order valence-electron chi connectivity index (χ4n) is 2.55. The fraction of sp³-hybridized carbons (Fsp3) is 0.400. The standard InChI is InChI=1S/C15H16F3N3/c16-15(17,18)12-3-1-11(2-4-12)14(5-6-14)10-19-9-13-20-7-8-21-13/h1-4,7-8,19H,5-6,9-10H2,(H,20,21). The van der Waals surface area contributed by atoms with E-state index < -0.39 is 11.7 Å². The van der Waals surface area contributed by atoms with Gasteiger partial charge in [-0.3, -0.25) is 0 Å². The molecule has 21 heavy (non-hydrogen) atoms. The molecule has 112 valence electrons. The molecule has 1 aromatic carbocycles. The van der Waals surface area contributed by atoms with Crippen molar-refractivity contribution in [3.8, 4) is 0 Å². The third-order valence-corrected chi connectivity index (χ3v) is 3.99. The Labute approximate surface area is 120 Å². The zero-order chi connectivity index (χ0) is 14.9. The van der Waals surface area contributed by atoms with Crippen LogP contribution in [0.3, 0.4) is 0 Å². The lowest BCUT2D eigenvalue weighted by atomic mass is 9.95. The van der Waals surface area contributed by atoms with E-state index in [-0.39, 0.29) is 5.41 Å². The molecule has 0 atom stereocenters. The molecule has 2 N–H and O–H groups in total. The van der Waals surface area contributed by atoms with E-state index in [1.165, 1.54) is 12.1 Å². The summed E-state index contributed by atoms with van der Waals surface area (Å²) in [4.78, 5) is 7.13. The lowest BCUT2D eigenvalue weighted by Crippen LogP contribution is -2.27. The van der Waals surface area contributed by atoms with Crippen LogP contribution >= 0.6 is 0 Å². The van der Waals surface area contributed by atoms with Crippen LogP contribution in [0.25, 0.3) is 0 Å². The van der Waals surface area contributed by atoms with Crippen molar-refractivity contribution in [2.24, 2.45) is 0 Å². The molecule has 1 aliphatic carbocycles. The molecule has 1 aliphatic rings. The highest BCUT2D eigenvalue weighted by Crippen LogP contribution is 2.48. The number of imidazole rings is 1. The van der Waals surface area contributed by atoms with Gasteiger partial charge in [0.05, 0.1) is 12.1 Å². The lowest BCUT2D eigenvalue weighted by molar-refractivity contribution is -0.137. The van der Waals surface area contributed by atoms with Gasteiger partial charge in [-0.15, -0.1) is 0 Å². The van der Waals surface area contributed by atoms with E-state index in [1.54, 1.807) is 24.5 Å². The number of benzene rings is 1. The highest BCUT2D eigenvalue weighted by atomic mass is 19.4. The Morgan fingerprint density at radius 3 is 2.43 bits per heavy atom. The number of alkyl halides is 3. The summed E-state index contributed by atoms with van der Waals surface area (Å²) in [5.41, 5.74) is 0.365. The molecule has 1 aromatic heterocycles. The summed E-state index contributed by atoms with van der Waals surface area (Å²) in [6.07, 6.45) is 1.19. The first-order valence-corrected chi connectivity index (χ1v) is 6.86. The molecule has 1 heterocycles. The van der Waals surface area contributed by atoms with E-state index in [0.29, 0.717) is 6.54 Å². The number of hydrogen-bond donors (Lipinski definition) is 2. The molecule has 0 amide bonds. The minimum absolute atomic E-state index is 0.0171. The maximum Gasteiger partial charge on any atom is 0.416 e. The normalized spacial score (nSPS) is 16.9. The SMILES string of the molecule is FC(F)(F)c1ccc(C2(CNCc3ncc[nH]3)CC2)cc1. The van der Waals surface area contributed by atoms with E-state index in [4.69, 9.17) is 0 Å². The predicted molar refractivity (Wildman–Crippen MR) is 72.7 cm³/mol. The van der Waals surface area contributed by atoms with Gasteiger partial charge in [0.25, 0.3) is 0 Å². The highest BCUT2D eigenvalue weighted by Gasteiger charge is 2.44. The number of rotatable bonds is 5. The van der Waals surface area contributed by atoms with Crippen LogP contribution in [0.4, 0.5) is 13.2 Å². The van der Waals surface area contributed by atoms with Crippen molar-refractivity contribution in [2.45, 2.75) is 31.0 Å². The Morgan fingerprint density at radius 1 is 1.19 bits per heavy atom. The zero-order valence-corrected chi connectivity index (χ0v) is 11.4. The average Bonchev–Trinajstić information content (AvgIpc) is 3.05. The zero-order valence-electron chi connectivity index (χ0n) is 11.4. The van der Waals surface area contributed by atoms with E-state index in [9.17, 15) is 13.2 Å². The second-order valence-corrected chi connectivity index (χ2v) is 5.49. The maximum absolute atomic E-state index is 12.6. The van der Waals surface area contributed by atoms with Gasteiger partial charge in [-0.1, -0.05) is 12.1 Å². The van der Waals surface area contributed by atoms with Crippen molar-refractivity contribution in [1.29, 1.82) is 0 Å². The van der Waals surface area contributed by atoms with Crippen LogP contribution in [0, 0.1) is 0 Å². The van der Waals surface area contributed by atoms with Gasteiger partial charge in [-0.2, -0.15) is 13.2 Å². The molecular formula is C15H16F3N3. The van der Waals surface area contributed by atoms with Crippen LogP contribution < -0.4 is 5.32 Å². The van der Waals surface area contributed by atoms with Crippen LogP contribution in [0.5, 0.6) is 0 Å². The summed E-state index contributed by atoms with van der Waals surface area (Å²) < 4.78 is 37.7. The van der Waals surface area contributed by atoms with Crippen molar-refractivity contribution in [3.05, 3.63) is 53.6 Å². The van der Waals surface area contributed by atoms with E-state index in [0.717, 1.165) is 30.8 Å². The second kappa shape index (κ2) is 5.18. The molecule has 0 aliphatic heterocycles. The number of aromatic amines is 1. The Hall–Kier alpha value is -1.82. The van der Waals surface area contributed by atoms with Crippen LogP contribution in [0.1, 0.15) is 29.8 Å². The first-order valence-electron chi connectivity index (χ1n) is 6.86. The average molecular weight is 295 g/mol. The second-order valence-electron chi connectivity index (χ2n) is 5.49. The minimum Gasteiger partial charge on any atom is -0.348 e. The third-order valence-electron chi connectivity index (χ3n) is 3.99. The Balaban J connectivity index is 1.62. The molecule has 0 spiro atoms. The van der Waals surface area contributed by atoms with Crippen LogP contribution in [0.15, 0.2) is 36.7 Å². The van der Waals surface area contributed by atoms with E-state index >= 15 is 0 Å². The predicted octanol–water partition coefficient (Wildman–Crippen LogP) is 3.25. The van der Waals surface area contributed by atoms with Crippen LogP contribution in [0.2, 0.25) is 0 Å². The summed E-state index contributed by atoms with van der Waals surface area (Å²) in [5.74, 6) is 0.859. The summed E-state index contributed by atoms with van der Waals surface area (Å²) in [6, 6.07) is 5.54. The number of hydrogen-bond acceptors (Lipinski definition) is 2. The molecule has 0 bridgehead atoms. The first kappa shape index (κ1) is 14.1. The Kier molecular flexibility index (Phi) is 3.49. The number of halogens is 3. The van der Waals surface area contributed by atoms with Crippen LogP contribution in [-0.4, -0.2) is 16.5 Å². The van der Waals surface area contributed by atoms with Crippen molar-refractivity contribution in [1.82, 2.24) is 15.3 Å². The van der Waals surface area contributed by atoms with E-state index in [2.05, 4.69) is 15.3 Å². The minimum atomic E-state index is -4.27. The summed E-state index contributed by atoms with van der Waals surface area (Å²) in [7, 11) is 0. The summed E-state index contributed by atoms with van der Waals surface area (Å²) in [5, 5.41) is 3.32. The van der Waals surface area contributed by atoms with Gasteiger partial charge in [-0.05, 0) is 30.5 Å². The van der Waals surface area contributed by atoms with Gasteiger partial charge in [-0.25, -0.2) is 4.98 Å². The topological polar surface area (TPSA) is 40.7 Å². The number of H-pyrrole nitrogens is 1. The van der Waals surface area contributed by atoms with Gasteiger partial charge in [0, 0.05) is 24.4 Å². The number of nitrogens with one attached hydrogen (secondary N) is 2.